The molecule has 0 aromatic rings. The van der Waals surface area contributed by atoms with E-state index < -0.39 is 5.54 Å². The van der Waals surface area contributed by atoms with E-state index in [9.17, 15) is 4.79 Å². The number of nitrogens with one attached hydrogen (secondary N) is 1. The zero-order valence-electron chi connectivity index (χ0n) is 11.6. The third-order valence-corrected chi connectivity index (χ3v) is 2.64. The van der Waals surface area contributed by atoms with Gasteiger partial charge in [-0.2, -0.15) is 0 Å². The van der Waals surface area contributed by atoms with E-state index in [4.69, 9.17) is 4.74 Å². The summed E-state index contributed by atoms with van der Waals surface area (Å²) in [4.78, 5) is 13.6. The molecule has 0 bridgehead atoms. The highest BCUT2D eigenvalue weighted by atomic mass is 16.5. The minimum absolute atomic E-state index is 0.0780. The van der Waals surface area contributed by atoms with Gasteiger partial charge in [0.15, 0.2) is 0 Å². The maximum absolute atomic E-state index is 11.9. The normalized spacial score (nSPS) is 14.0. The number of hydrogen-bond donors (Lipinski definition) is 1. The Labute approximate surface area is 99.3 Å². The Morgan fingerprint density at radius 1 is 1.38 bits per heavy atom. The molecular weight excluding hydrogens is 204 g/mol. The summed E-state index contributed by atoms with van der Waals surface area (Å²) >= 11 is 0. The summed E-state index contributed by atoms with van der Waals surface area (Å²) in [7, 11) is 5.22. The Morgan fingerprint density at radius 2 is 1.88 bits per heavy atom. The molecule has 0 spiro atoms. The lowest BCUT2D eigenvalue weighted by Crippen LogP contribution is -2.57. The number of carbonyl (C=O) groups excluding carboxylic acids is 1. The SMILES string of the molecule is COCC(NC(C)(C)C(=O)N(C)C)C(C)C. The standard InChI is InChI=1S/C12H26N2O2/c1-9(2)10(8-16-7)13-12(3,4)11(15)14(5)6/h9-10,13H,8H2,1-7H3. The van der Waals surface area contributed by atoms with Gasteiger partial charge in [0.25, 0.3) is 0 Å². The van der Waals surface area contributed by atoms with Crippen molar-refractivity contribution in [3.8, 4) is 0 Å². The summed E-state index contributed by atoms with van der Waals surface area (Å²) in [5, 5.41) is 3.36. The average molecular weight is 230 g/mol. The highest BCUT2D eigenvalue weighted by Crippen LogP contribution is 2.11. The Morgan fingerprint density at radius 3 is 2.19 bits per heavy atom. The summed E-state index contributed by atoms with van der Waals surface area (Å²) in [6.07, 6.45) is 0. The van der Waals surface area contributed by atoms with Gasteiger partial charge in [-0.15, -0.1) is 0 Å². The molecule has 1 N–H and O–H groups in total. The number of carbonyl (C=O) groups is 1. The fourth-order valence-electron chi connectivity index (χ4n) is 1.66. The van der Waals surface area contributed by atoms with E-state index in [1.54, 1.807) is 26.1 Å². The summed E-state index contributed by atoms with van der Waals surface area (Å²) < 4.78 is 5.16. The van der Waals surface area contributed by atoms with Crippen LogP contribution in [0.5, 0.6) is 0 Å². The molecule has 0 aliphatic carbocycles. The number of methoxy groups -OCH3 is 1. The van der Waals surface area contributed by atoms with Crippen molar-refractivity contribution in [1.29, 1.82) is 0 Å². The van der Waals surface area contributed by atoms with Crippen LogP contribution in [0.2, 0.25) is 0 Å². The monoisotopic (exact) mass is 230 g/mol. The van der Waals surface area contributed by atoms with Gasteiger partial charge in [0.2, 0.25) is 5.91 Å². The van der Waals surface area contributed by atoms with Crippen LogP contribution >= 0.6 is 0 Å². The molecule has 0 aromatic heterocycles. The Balaban J connectivity index is 4.58. The number of ether oxygens (including phenoxy) is 1. The van der Waals surface area contributed by atoms with Crippen LogP contribution < -0.4 is 5.32 Å². The second-order valence-electron chi connectivity index (χ2n) is 5.27. The van der Waals surface area contributed by atoms with Crippen LogP contribution in [0.15, 0.2) is 0 Å². The minimum atomic E-state index is -0.559. The first-order valence-electron chi connectivity index (χ1n) is 5.70. The molecule has 0 aliphatic rings. The van der Waals surface area contributed by atoms with E-state index in [1.165, 1.54) is 0 Å². The number of amides is 1. The predicted molar refractivity (Wildman–Crippen MR) is 66.4 cm³/mol. The molecule has 0 radical (unpaired) electrons. The molecule has 1 atom stereocenters. The van der Waals surface area contributed by atoms with Crippen LogP contribution in [0, 0.1) is 5.92 Å². The van der Waals surface area contributed by atoms with Crippen molar-refractivity contribution < 1.29 is 9.53 Å². The van der Waals surface area contributed by atoms with Crippen molar-refractivity contribution in [2.45, 2.75) is 39.3 Å². The van der Waals surface area contributed by atoms with Crippen molar-refractivity contribution in [1.82, 2.24) is 10.2 Å². The topological polar surface area (TPSA) is 41.6 Å². The van der Waals surface area contributed by atoms with Gasteiger partial charge in [-0.3, -0.25) is 10.1 Å². The van der Waals surface area contributed by atoms with E-state index >= 15 is 0 Å². The molecule has 0 fully saturated rings. The van der Waals surface area contributed by atoms with Crippen LogP contribution in [0.1, 0.15) is 27.7 Å². The highest BCUT2D eigenvalue weighted by molar-refractivity contribution is 5.85. The zero-order chi connectivity index (χ0) is 12.9. The van der Waals surface area contributed by atoms with Gasteiger partial charge >= 0.3 is 0 Å². The zero-order valence-corrected chi connectivity index (χ0v) is 11.6. The lowest BCUT2D eigenvalue weighted by atomic mass is 9.97. The molecule has 96 valence electrons. The number of nitrogens with zero attached hydrogens (tertiary/aromatic N) is 1. The van der Waals surface area contributed by atoms with Crippen LogP contribution in [-0.2, 0) is 9.53 Å². The fraction of sp³-hybridized carbons (Fsp3) is 0.917. The van der Waals surface area contributed by atoms with Crippen molar-refractivity contribution in [3.05, 3.63) is 0 Å². The smallest absolute Gasteiger partial charge is 0.241 e. The van der Waals surface area contributed by atoms with Gasteiger partial charge in [0.1, 0.15) is 0 Å². The van der Waals surface area contributed by atoms with Gasteiger partial charge in [0.05, 0.1) is 12.1 Å². The molecule has 0 aromatic carbocycles. The number of rotatable bonds is 6. The first-order chi connectivity index (χ1) is 7.22. The van der Waals surface area contributed by atoms with E-state index in [-0.39, 0.29) is 11.9 Å². The lowest BCUT2D eigenvalue weighted by molar-refractivity contribution is -0.135. The van der Waals surface area contributed by atoms with Gasteiger partial charge in [-0.1, -0.05) is 13.8 Å². The molecule has 0 saturated heterocycles. The van der Waals surface area contributed by atoms with E-state index in [2.05, 4.69) is 19.2 Å². The van der Waals surface area contributed by atoms with Crippen molar-refractivity contribution in [3.63, 3.8) is 0 Å². The summed E-state index contributed by atoms with van der Waals surface area (Å²) in [5.41, 5.74) is -0.559. The maximum atomic E-state index is 11.9. The molecule has 4 heteroatoms. The van der Waals surface area contributed by atoms with Crippen molar-refractivity contribution >= 4 is 5.91 Å². The second kappa shape index (κ2) is 6.21. The van der Waals surface area contributed by atoms with Crippen LogP contribution in [0.4, 0.5) is 0 Å². The predicted octanol–water partition coefficient (Wildman–Crippen LogP) is 1.11. The molecule has 1 amide bonds. The largest absolute Gasteiger partial charge is 0.383 e. The quantitative estimate of drug-likeness (QED) is 0.743. The summed E-state index contributed by atoms with van der Waals surface area (Å²) in [5.74, 6) is 0.503. The van der Waals surface area contributed by atoms with Gasteiger partial charge < -0.3 is 9.64 Å². The van der Waals surface area contributed by atoms with Gasteiger partial charge in [0, 0.05) is 27.2 Å². The van der Waals surface area contributed by atoms with E-state index in [1.807, 2.05) is 13.8 Å². The van der Waals surface area contributed by atoms with Crippen LogP contribution in [0.25, 0.3) is 0 Å². The number of likely N-dealkylation sites (N-methyl/N-ethyl adjacent to an activating group) is 1. The lowest BCUT2D eigenvalue weighted by Gasteiger charge is -2.34. The van der Waals surface area contributed by atoms with Gasteiger partial charge in [-0.25, -0.2) is 0 Å². The minimum Gasteiger partial charge on any atom is -0.383 e. The number of hydrogen-bond acceptors (Lipinski definition) is 3. The molecule has 0 heterocycles. The van der Waals surface area contributed by atoms with Gasteiger partial charge in [-0.05, 0) is 19.8 Å². The first kappa shape index (κ1) is 15.4. The maximum Gasteiger partial charge on any atom is 0.241 e. The van der Waals surface area contributed by atoms with Crippen LogP contribution in [-0.4, -0.2) is 50.2 Å². The fourth-order valence-corrected chi connectivity index (χ4v) is 1.66. The van der Waals surface area contributed by atoms with Crippen molar-refractivity contribution in [2.24, 2.45) is 5.92 Å². The van der Waals surface area contributed by atoms with Crippen molar-refractivity contribution in [2.75, 3.05) is 27.8 Å². The summed E-state index contributed by atoms with van der Waals surface area (Å²) in [6.45, 7) is 8.66. The first-order valence-corrected chi connectivity index (χ1v) is 5.70. The summed E-state index contributed by atoms with van der Waals surface area (Å²) in [6, 6.07) is 0.184. The third kappa shape index (κ3) is 4.49. The van der Waals surface area contributed by atoms with Crippen LogP contribution in [0.3, 0.4) is 0 Å². The Kier molecular flexibility index (Phi) is 5.97. The molecule has 4 nitrogen and oxygen atoms in total. The third-order valence-electron chi connectivity index (χ3n) is 2.64. The van der Waals surface area contributed by atoms with E-state index in [0.29, 0.717) is 12.5 Å². The Bertz CT molecular complexity index is 225. The molecule has 0 aliphatic heterocycles. The molecule has 16 heavy (non-hydrogen) atoms. The highest BCUT2D eigenvalue weighted by Gasteiger charge is 2.32. The molecule has 0 saturated carbocycles. The second-order valence-corrected chi connectivity index (χ2v) is 5.27. The average Bonchev–Trinajstić information content (AvgIpc) is 2.15. The Hall–Kier alpha value is -0.610. The molecule has 1 unspecified atom stereocenters. The molecule has 0 rings (SSSR count). The van der Waals surface area contributed by atoms with E-state index in [0.717, 1.165) is 0 Å². The molecular formula is C12H26N2O2.